The van der Waals surface area contributed by atoms with Crippen LogP contribution in [0.2, 0.25) is 0 Å². The van der Waals surface area contributed by atoms with E-state index in [1.165, 1.54) is 0 Å². The molecule has 1 fully saturated rings. The van der Waals surface area contributed by atoms with Gasteiger partial charge in [0.25, 0.3) is 0 Å². The highest BCUT2D eigenvalue weighted by atomic mass is 16.5. The molecule has 1 aromatic heterocycles. The van der Waals surface area contributed by atoms with Crippen molar-refractivity contribution in [2.45, 2.75) is 19.4 Å². The Morgan fingerprint density at radius 3 is 3.12 bits per heavy atom. The first-order chi connectivity index (χ1) is 7.77. The average molecular weight is 222 g/mol. The van der Waals surface area contributed by atoms with Crippen LogP contribution in [-0.4, -0.2) is 36.4 Å². The number of nitrogens with zero attached hydrogens (tertiary/aromatic N) is 2. The lowest BCUT2D eigenvalue weighted by molar-refractivity contribution is 0.152. The summed E-state index contributed by atoms with van der Waals surface area (Å²) in [5, 5.41) is 9.53. The highest BCUT2D eigenvalue weighted by Crippen LogP contribution is 2.18. The standard InChI is InChI=1S/C12H18N2O2/c1-10(15)11-3-4-13-12(9-11)14-5-2-7-16-8-6-14/h3-4,9-10,15H,2,5-8H2,1H3/t10-/m1/s1. The van der Waals surface area contributed by atoms with Gasteiger partial charge in [0.15, 0.2) is 0 Å². The summed E-state index contributed by atoms with van der Waals surface area (Å²) in [6.07, 6.45) is 2.34. The van der Waals surface area contributed by atoms with Crippen LogP contribution in [0.25, 0.3) is 0 Å². The molecule has 0 radical (unpaired) electrons. The Labute approximate surface area is 95.9 Å². The van der Waals surface area contributed by atoms with Crippen molar-refractivity contribution >= 4 is 5.82 Å². The molecule has 0 saturated carbocycles. The van der Waals surface area contributed by atoms with Crippen LogP contribution in [0, 0.1) is 0 Å². The fourth-order valence-electron chi connectivity index (χ4n) is 1.84. The van der Waals surface area contributed by atoms with E-state index in [0.717, 1.165) is 44.1 Å². The van der Waals surface area contributed by atoms with E-state index in [4.69, 9.17) is 4.74 Å². The van der Waals surface area contributed by atoms with Crippen LogP contribution in [0.15, 0.2) is 18.3 Å². The van der Waals surface area contributed by atoms with Crippen LogP contribution in [0.3, 0.4) is 0 Å². The number of rotatable bonds is 2. The maximum Gasteiger partial charge on any atom is 0.128 e. The van der Waals surface area contributed by atoms with Crippen molar-refractivity contribution in [1.29, 1.82) is 0 Å². The first-order valence-corrected chi connectivity index (χ1v) is 5.74. The van der Waals surface area contributed by atoms with Gasteiger partial charge in [0, 0.05) is 25.9 Å². The fourth-order valence-corrected chi connectivity index (χ4v) is 1.84. The molecule has 0 spiro atoms. The molecule has 0 aliphatic carbocycles. The van der Waals surface area contributed by atoms with Gasteiger partial charge in [-0.1, -0.05) is 0 Å². The zero-order valence-corrected chi connectivity index (χ0v) is 9.59. The zero-order valence-electron chi connectivity index (χ0n) is 9.59. The van der Waals surface area contributed by atoms with E-state index in [2.05, 4.69) is 9.88 Å². The molecule has 1 N–H and O–H groups in total. The second-order valence-corrected chi connectivity index (χ2v) is 4.08. The van der Waals surface area contributed by atoms with Gasteiger partial charge >= 0.3 is 0 Å². The second kappa shape index (κ2) is 5.27. The summed E-state index contributed by atoms with van der Waals surface area (Å²) in [7, 11) is 0. The number of aliphatic hydroxyl groups excluding tert-OH is 1. The topological polar surface area (TPSA) is 45.6 Å². The summed E-state index contributed by atoms with van der Waals surface area (Å²) < 4.78 is 5.41. The smallest absolute Gasteiger partial charge is 0.128 e. The van der Waals surface area contributed by atoms with Gasteiger partial charge in [-0.15, -0.1) is 0 Å². The van der Waals surface area contributed by atoms with Crippen molar-refractivity contribution in [2.75, 3.05) is 31.2 Å². The minimum absolute atomic E-state index is 0.440. The monoisotopic (exact) mass is 222 g/mol. The summed E-state index contributed by atoms with van der Waals surface area (Å²) in [6, 6.07) is 3.80. The number of hydrogen-bond acceptors (Lipinski definition) is 4. The number of aromatic nitrogens is 1. The minimum atomic E-state index is -0.440. The van der Waals surface area contributed by atoms with Crippen molar-refractivity contribution in [3.05, 3.63) is 23.9 Å². The van der Waals surface area contributed by atoms with E-state index >= 15 is 0 Å². The van der Waals surface area contributed by atoms with Crippen molar-refractivity contribution in [1.82, 2.24) is 4.98 Å². The predicted octanol–water partition coefficient (Wildman–Crippen LogP) is 1.36. The highest BCUT2D eigenvalue weighted by Gasteiger charge is 2.12. The van der Waals surface area contributed by atoms with Crippen molar-refractivity contribution < 1.29 is 9.84 Å². The van der Waals surface area contributed by atoms with E-state index in [0.29, 0.717) is 0 Å². The molecule has 0 unspecified atom stereocenters. The molecule has 0 amide bonds. The molecule has 4 heteroatoms. The third-order valence-electron chi connectivity index (χ3n) is 2.80. The lowest BCUT2D eigenvalue weighted by Gasteiger charge is -2.21. The molecule has 1 aliphatic heterocycles. The van der Waals surface area contributed by atoms with Gasteiger partial charge in [-0.05, 0) is 31.0 Å². The molecule has 1 atom stereocenters. The molecule has 0 bridgehead atoms. The molecule has 1 aromatic rings. The van der Waals surface area contributed by atoms with E-state index in [1.54, 1.807) is 13.1 Å². The largest absolute Gasteiger partial charge is 0.389 e. The number of aliphatic hydroxyl groups is 1. The molecule has 88 valence electrons. The van der Waals surface area contributed by atoms with Crippen LogP contribution in [0.1, 0.15) is 25.0 Å². The SMILES string of the molecule is C[C@@H](O)c1ccnc(N2CCCOCC2)c1. The van der Waals surface area contributed by atoms with Gasteiger partial charge in [-0.25, -0.2) is 4.98 Å². The molecule has 0 aromatic carbocycles. The summed E-state index contributed by atoms with van der Waals surface area (Å²) in [5.41, 5.74) is 0.912. The Morgan fingerprint density at radius 1 is 1.44 bits per heavy atom. The van der Waals surface area contributed by atoms with Crippen LogP contribution < -0.4 is 4.90 Å². The molecule has 4 nitrogen and oxygen atoms in total. The second-order valence-electron chi connectivity index (χ2n) is 4.08. The average Bonchev–Trinajstić information content (AvgIpc) is 2.57. The van der Waals surface area contributed by atoms with Crippen LogP contribution in [0.4, 0.5) is 5.82 Å². The normalized spacial score (nSPS) is 19.2. The number of ether oxygens (including phenoxy) is 1. The summed E-state index contributed by atoms with van der Waals surface area (Å²) >= 11 is 0. The van der Waals surface area contributed by atoms with E-state index in [9.17, 15) is 5.11 Å². The quantitative estimate of drug-likeness (QED) is 0.820. The summed E-state index contributed by atoms with van der Waals surface area (Å²) in [4.78, 5) is 6.55. The molecule has 16 heavy (non-hydrogen) atoms. The zero-order chi connectivity index (χ0) is 11.4. The third kappa shape index (κ3) is 2.71. The van der Waals surface area contributed by atoms with E-state index in [-0.39, 0.29) is 0 Å². The predicted molar refractivity (Wildman–Crippen MR) is 62.5 cm³/mol. The van der Waals surface area contributed by atoms with Crippen molar-refractivity contribution in [3.8, 4) is 0 Å². The van der Waals surface area contributed by atoms with Crippen LogP contribution >= 0.6 is 0 Å². The van der Waals surface area contributed by atoms with Crippen LogP contribution in [-0.2, 0) is 4.74 Å². The number of anilines is 1. The molecule has 2 rings (SSSR count). The molecule has 1 saturated heterocycles. The molecule has 1 aliphatic rings. The first-order valence-electron chi connectivity index (χ1n) is 5.74. The Kier molecular flexibility index (Phi) is 3.74. The van der Waals surface area contributed by atoms with Gasteiger partial charge in [-0.2, -0.15) is 0 Å². The highest BCUT2D eigenvalue weighted by molar-refractivity contribution is 5.41. The van der Waals surface area contributed by atoms with Crippen LogP contribution in [0.5, 0.6) is 0 Å². The van der Waals surface area contributed by atoms with Gasteiger partial charge in [0.1, 0.15) is 5.82 Å². The molecular weight excluding hydrogens is 204 g/mol. The maximum atomic E-state index is 9.53. The lowest BCUT2D eigenvalue weighted by atomic mass is 10.1. The minimum Gasteiger partial charge on any atom is -0.389 e. The van der Waals surface area contributed by atoms with Crippen molar-refractivity contribution in [3.63, 3.8) is 0 Å². The Hall–Kier alpha value is -1.13. The van der Waals surface area contributed by atoms with E-state index in [1.807, 2.05) is 12.1 Å². The third-order valence-corrected chi connectivity index (χ3v) is 2.80. The number of pyridine rings is 1. The van der Waals surface area contributed by atoms with Gasteiger partial charge in [-0.3, -0.25) is 0 Å². The van der Waals surface area contributed by atoms with Gasteiger partial charge in [0.2, 0.25) is 0 Å². The first kappa shape index (κ1) is 11.4. The number of hydrogen-bond donors (Lipinski definition) is 1. The molecular formula is C12H18N2O2. The lowest BCUT2D eigenvalue weighted by Crippen LogP contribution is -2.26. The maximum absolute atomic E-state index is 9.53. The van der Waals surface area contributed by atoms with Crippen molar-refractivity contribution in [2.24, 2.45) is 0 Å². The summed E-state index contributed by atoms with van der Waals surface area (Å²) in [6.45, 7) is 5.18. The van der Waals surface area contributed by atoms with E-state index < -0.39 is 6.10 Å². The fraction of sp³-hybridized carbons (Fsp3) is 0.583. The van der Waals surface area contributed by atoms with Gasteiger partial charge < -0.3 is 14.7 Å². The molecule has 2 heterocycles. The Balaban J connectivity index is 2.15. The summed E-state index contributed by atoms with van der Waals surface area (Å²) in [5.74, 6) is 0.934. The Morgan fingerprint density at radius 2 is 2.31 bits per heavy atom. The Bertz CT molecular complexity index is 334. The van der Waals surface area contributed by atoms with Gasteiger partial charge in [0.05, 0.1) is 12.7 Å².